The Kier molecular flexibility index (Phi) is 11.3. The van der Waals surface area contributed by atoms with Crippen molar-refractivity contribution in [3.8, 4) is 23.5 Å². The Bertz CT molecular complexity index is 1950. The molecule has 1 aromatic heterocycles. The Balaban J connectivity index is 1.56. The fourth-order valence-electron chi connectivity index (χ4n) is 7.28. The first kappa shape index (κ1) is 38.6. The average Bonchev–Trinajstić information content (AvgIpc) is 3.02. The molecule has 3 aromatic rings. The van der Waals surface area contributed by atoms with Gasteiger partial charge in [0.25, 0.3) is 5.56 Å². The Morgan fingerprint density at radius 3 is 2.21 bits per heavy atom. The number of hydrogen-bond donors (Lipinski definition) is 2. The van der Waals surface area contributed by atoms with Gasteiger partial charge in [-0.25, -0.2) is 13.2 Å². The molecule has 1 amide bonds. The van der Waals surface area contributed by atoms with Gasteiger partial charge in [-0.05, 0) is 73.1 Å². The van der Waals surface area contributed by atoms with Crippen LogP contribution >= 0.6 is 0 Å². The standard InChI is InChI=1S/C38H39F6N3O5/c1-6-22-12-28(40)35(36(41)34(22)33-20(4)10-24(39)11-21(33)5)29(15-32(49)50)45-37(51)30(9-19(2)3)47-16-23(27(14-31(47)48)38(42,43)44)7-8-46-17-25-13-26(18-46)52-25/h1,10-12,14,16,19,25-26,29-30H,7-9,13,15,17-18H2,2-5H3,(H,45,51)(H,49,50)/t25?,26?,29-,30+/m1/s1. The Morgan fingerprint density at radius 2 is 1.67 bits per heavy atom. The van der Waals surface area contributed by atoms with E-state index in [0.717, 1.165) is 35.4 Å². The maximum Gasteiger partial charge on any atom is 0.416 e. The van der Waals surface area contributed by atoms with Gasteiger partial charge in [0.1, 0.15) is 23.5 Å². The van der Waals surface area contributed by atoms with Crippen molar-refractivity contribution in [3.05, 3.63) is 91.6 Å². The lowest BCUT2D eigenvalue weighted by Gasteiger charge is -2.47. The molecule has 3 fully saturated rings. The van der Waals surface area contributed by atoms with Gasteiger partial charge in [-0.3, -0.25) is 19.3 Å². The first-order valence-electron chi connectivity index (χ1n) is 16.9. The number of benzene rings is 2. The van der Waals surface area contributed by atoms with Crippen LogP contribution < -0.4 is 10.9 Å². The van der Waals surface area contributed by atoms with Gasteiger partial charge in [0, 0.05) is 55.0 Å². The molecule has 52 heavy (non-hydrogen) atoms. The third-order valence-corrected chi connectivity index (χ3v) is 9.53. The van der Waals surface area contributed by atoms with Crippen LogP contribution in [0.15, 0.2) is 35.3 Å². The number of aromatic nitrogens is 1. The fraction of sp³-hybridized carbons (Fsp3) is 0.447. The number of nitrogens with one attached hydrogen (secondary N) is 1. The number of aliphatic carboxylic acids is 1. The number of terminal acetylenes is 1. The first-order chi connectivity index (χ1) is 24.4. The molecule has 0 saturated carbocycles. The molecule has 0 spiro atoms. The van der Waals surface area contributed by atoms with Crippen LogP contribution in [0.25, 0.3) is 11.1 Å². The number of nitrogens with zero attached hydrogens (tertiary/aromatic N) is 2. The second-order valence-corrected chi connectivity index (χ2v) is 14.0. The third-order valence-electron chi connectivity index (χ3n) is 9.53. The number of pyridine rings is 1. The van der Waals surface area contributed by atoms with E-state index in [9.17, 15) is 37.1 Å². The van der Waals surface area contributed by atoms with E-state index in [1.807, 2.05) is 4.90 Å². The predicted molar refractivity (Wildman–Crippen MR) is 180 cm³/mol. The summed E-state index contributed by atoms with van der Waals surface area (Å²) in [6, 6.07) is 0.142. The minimum absolute atomic E-state index is 0.0184. The van der Waals surface area contributed by atoms with Crippen molar-refractivity contribution in [3.63, 3.8) is 0 Å². The normalized spacial score (nSPS) is 18.4. The predicted octanol–water partition coefficient (Wildman–Crippen LogP) is 6.48. The topological polar surface area (TPSA) is 101 Å². The second kappa shape index (κ2) is 15.2. The van der Waals surface area contributed by atoms with E-state index in [-0.39, 0.29) is 70.9 Å². The van der Waals surface area contributed by atoms with E-state index in [2.05, 4.69) is 11.2 Å². The first-order valence-corrected chi connectivity index (χ1v) is 16.9. The minimum atomic E-state index is -4.87. The molecule has 2 aromatic carbocycles. The number of ether oxygens (including phenoxy) is 1. The van der Waals surface area contributed by atoms with Crippen molar-refractivity contribution in [2.45, 2.75) is 83.8 Å². The number of piperidine rings is 1. The van der Waals surface area contributed by atoms with Crippen molar-refractivity contribution in [1.82, 2.24) is 14.8 Å². The summed E-state index contributed by atoms with van der Waals surface area (Å²) in [4.78, 5) is 41.4. The number of morpholine rings is 1. The monoisotopic (exact) mass is 731 g/mol. The summed E-state index contributed by atoms with van der Waals surface area (Å²) < 4.78 is 95.5. The molecule has 3 aliphatic heterocycles. The van der Waals surface area contributed by atoms with Gasteiger partial charge in [0.2, 0.25) is 5.91 Å². The third kappa shape index (κ3) is 8.21. The number of aryl methyl sites for hydroxylation is 2. The summed E-state index contributed by atoms with van der Waals surface area (Å²) in [6.07, 6.45) is 1.43. The number of carbonyl (C=O) groups excluding carboxylic acids is 1. The quantitative estimate of drug-likeness (QED) is 0.163. The molecule has 4 heterocycles. The lowest BCUT2D eigenvalue weighted by molar-refractivity contribution is -0.180. The van der Waals surface area contributed by atoms with Crippen LogP contribution in [0.5, 0.6) is 0 Å². The highest BCUT2D eigenvalue weighted by Gasteiger charge is 2.40. The smallest absolute Gasteiger partial charge is 0.416 e. The van der Waals surface area contributed by atoms with E-state index >= 15 is 8.78 Å². The van der Waals surface area contributed by atoms with Crippen LogP contribution in [0.2, 0.25) is 0 Å². The Labute approximate surface area is 296 Å². The number of halogens is 6. The summed E-state index contributed by atoms with van der Waals surface area (Å²) in [5, 5.41) is 12.2. The molecule has 0 aliphatic carbocycles. The molecular formula is C38H39F6N3O5. The molecule has 2 N–H and O–H groups in total. The number of rotatable bonds is 12. The summed E-state index contributed by atoms with van der Waals surface area (Å²) in [7, 11) is 0. The molecule has 278 valence electrons. The second-order valence-electron chi connectivity index (χ2n) is 14.0. The largest absolute Gasteiger partial charge is 0.481 e. The number of carboxylic acid groups (broad SMARTS) is 1. The van der Waals surface area contributed by atoms with E-state index < -0.39 is 70.7 Å². The summed E-state index contributed by atoms with van der Waals surface area (Å²) in [5.74, 6) is -3.86. The number of hydrogen-bond acceptors (Lipinski definition) is 5. The number of fused-ring (bicyclic) bond motifs is 2. The van der Waals surface area contributed by atoms with Gasteiger partial charge in [-0.2, -0.15) is 13.2 Å². The van der Waals surface area contributed by atoms with Crippen molar-refractivity contribution >= 4 is 11.9 Å². The Morgan fingerprint density at radius 1 is 1.06 bits per heavy atom. The van der Waals surface area contributed by atoms with Crippen molar-refractivity contribution < 1.29 is 45.8 Å². The average molecular weight is 732 g/mol. The highest BCUT2D eigenvalue weighted by Crippen LogP contribution is 2.39. The van der Waals surface area contributed by atoms with Crippen LogP contribution in [0.4, 0.5) is 26.3 Å². The van der Waals surface area contributed by atoms with Crippen molar-refractivity contribution in [2.75, 3.05) is 19.6 Å². The van der Waals surface area contributed by atoms with E-state index in [4.69, 9.17) is 11.2 Å². The zero-order valence-electron chi connectivity index (χ0n) is 29.0. The number of carboxylic acids is 1. The van der Waals surface area contributed by atoms with Crippen LogP contribution in [0, 0.1) is 49.6 Å². The molecule has 6 rings (SSSR count). The van der Waals surface area contributed by atoms with Gasteiger partial charge < -0.3 is 19.7 Å². The van der Waals surface area contributed by atoms with E-state index in [1.165, 1.54) is 13.8 Å². The van der Waals surface area contributed by atoms with Crippen LogP contribution in [-0.2, 0) is 26.9 Å². The van der Waals surface area contributed by atoms with E-state index in [0.29, 0.717) is 19.2 Å². The number of alkyl halides is 3. The van der Waals surface area contributed by atoms with Crippen molar-refractivity contribution in [1.29, 1.82) is 0 Å². The van der Waals surface area contributed by atoms with Crippen LogP contribution in [0.3, 0.4) is 0 Å². The maximum absolute atomic E-state index is 16.6. The van der Waals surface area contributed by atoms with Crippen molar-refractivity contribution in [2.24, 2.45) is 5.92 Å². The molecule has 4 atom stereocenters. The number of amides is 1. The van der Waals surface area contributed by atoms with Crippen LogP contribution in [0.1, 0.15) is 78.6 Å². The minimum Gasteiger partial charge on any atom is -0.481 e. The SMILES string of the molecule is C#Cc1cc(F)c([C@@H](CC(=O)O)NC(=O)[C@H](CC(C)C)n2cc(CCN3CC4CC(C3)O4)c(C(F)(F)F)cc2=O)c(F)c1-c1c(C)cc(F)cc1C. The van der Waals surface area contributed by atoms with Gasteiger partial charge in [-0.15, -0.1) is 6.42 Å². The highest BCUT2D eigenvalue weighted by atomic mass is 19.4. The van der Waals surface area contributed by atoms with E-state index in [1.54, 1.807) is 13.8 Å². The molecule has 0 radical (unpaired) electrons. The lowest BCUT2D eigenvalue weighted by atomic mass is 9.88. The van der Waals surface area contributed by atoms with Crippen LogP contribution in [-0.4, -0.2) is 58.3 Å². The fourth-order valence-corrected chi connectivity index (χ4v) is 7.28. The highest BCUT2D eigenvalue weighted by molar-refractivity contribution is 5.83. The zero-order valence-corrected chi connectivity index (χ0v) is 29.0. The van der Waals surface area contributed by atoms with Gasteiger partial charge in [-0.1, -0.05) is 19.8 Å². The number of carbonyl (C=O) groups is 2. The molecular weight excluding hydrogens is 692 g/mol. The summed E-state index contributed by atoms with van der Waals surface area (Å²) in [6.45, 7) is 7.72. The molecule has 3 saturated heterocycles. The lowest BCUT2D eigenvalue weighted by Crippen LogP contribution is -2.57. The van der Waals surface area contributed by atoms with Gasteiger partial charge in [0.15, 0.2) is 0 Å². The summed E-state index contributed by atoms with van der Waals surface area (Å²) in [5.41, 5.74) is -3.26. The molecule has 14 heteroatoms. The van der Waals surface area contributed by atoms with Gasteiger partial charge >= 0.3 is 12.1 Å². The van der Waals surface area contributed by atoms with Gasteiger partial charge in [0.05, 0.1) is 30.2 Å². The molecule has 8 nitrogen and oxygen atoms in total. The Hall–Kier alpha value is -4.61. The zero-order chi connectivity index (χ0) is 38.2. The molecule has 3 aliphatic rings. The summed E-state index contributed by atoms with van der Waals surface area (Å²) >= 11 is 0. The molecule has 2 bridgehead atoms. The maximum atomic E-state index is 16.6. The molecule has 2 unspecified atom stereocenters.